The number of fused-ring (bicyclic) bond motifs is 1. The smallest absolute Gasteiger partial charge is 0.274 e. The molecule has 1 aliphatic heterocycles. The van der Waals surface area contributed by atoms with E-state index in [4.69, 9.17) is 4.63 Å². The van der Waals surface area contributed by atoms with Crippen LogP contribution in [0.5, 0.6) is 0 Å². The first-order chi connectivity index (χ1) is 10.2. The lowest BCUT2D eigenvalue weighted by molar-refractivity contribution is 0.0725. The molecule has 0 spiro atoms. The first kappa shape index (κ1) is 12.5. The molecule has 4 rings (SSSR count). The van der Waals surface area contributed by atoms with Crippen molar-refractivity contribution in [3.63, 3.8) is 0 Å². The molecule has 8 heteroatoms. The number of amides is 1. The lowest BCUT2D eigenvalue weighted by Crippen LogP contribution is -2.31. The first-order valence-electron chi connectivity index (χ1n) is 6.76. The van der Waals surface area contributed by atoms with Gasteiger partial charge in [0.25, 0.3) is 5.91 Å². The Balaban J connectivity index is 1.66. The average molecular weight is 303 g/mol. The standard InChI is InChI=1S/C13H13N5O2S/c1-8-11(16-20-15-8)10-3-2-4-18(10)12(19)9-7-17-5-6-21-13(17)14-9/h5-7,10H,2-4H2,1H3/t10-/m1/s1. The molecule has 0 aromatic carbocycles. The molecule has 21 heavy (non-hydrogen) atoms. The van der Waals surface area contributed by atoms with Crippen LogP contribution >= 0.6 is 11.3 Å². The second kappa shape index (κ2) is 4.66. The van der Waals surface area contributed by atoms with Crippen LogP contribution in [0.4, 0.5) is 0 Å². The van der Waals surface area contributed by atoms with Crippen LogP contribution in [0.2, 0.25) is 0 Å². The molecule has 0 aliphatic carbocycles. The van der Waals surface area contributed by atoms with Gasteiger partial charge in [0.2, 0.25) is 0 Å². The number of hydrogen-bond donors (Lipinski definition) is 0. The van der Waals surface area contributed by atoms with Crippen molar-refractivity contribution in [2.75, 3.05) is 6.54 Å². The molecular formula is C13H13N5O2S. The summed E-state index contributed by atoms with van der Waals surface area (Å²) in [6.45, 7) is 2.56. The number of nitrogens with zero attached hydrogens (tertiary/aromatic N) is 5. The van der Waals surface area contributed by atoms with Gasteiger partial charge in [0, 0.05) is 24.3 Å². The number of hydrogen-bond acceptors (Lipinski definition) is 6. The van der Waals surface area contributed by atoms with Gasteiger partial charge in [-0.2, -0.15) is 0 Å². The van der Waals surface area contributed by atoms with Crippen molar-refractivity contribution in [1.29, 1.82) is 0 Å². The highest BCUT2D eigenvalue weighted by Crippen LogP contribution is 2.33. The molecule has 0 unspecified atom stereocenters. The number of thiazole rings is 1. The van der Waals surface area contributed by atoms with Crippen molar-refractivity contribution in [3.05, 3.63) is 34.9 Å². The third kappa shape index (κ3) is 1.94. The average Bonchev–Trinajstić information content (AvgIpc) is 3.20. The van der Waals surface area contributed by atoms with Crippen LogP contribution in [0, 0.1) is 6.92 Å². The number of imidazole rings is 1. The summed E-state index contributed by atoms with van der Waals surface area (Å²) in [5.74, 6) is -0.0594. The van der Waals surface area contributed by atoms with Gasteiger partial charge in [-0.3, -0.25) is 9.20 Å². The fraction of sp³-hybridized carbons (Fsp3) is 0.385. The number of carbonyl (C=O) groups excluding carboxylic acids is 1. The minimum atomic E-state index is -0.0662. The van der Waals surface area contributed by atoms with Crippen molar-refractivity contribution < 1.29 is 9.42 Å². The maximum absolute atomic E-state index is 12.7. The van der Waals surface area contributed by atoms with Gasteiger partial charge >= 0.3 is 0 Å². The van der Waals surface area contributed by atoms with E-state index in [1.165, 1.54) is 11.3 Å². The summed E-state index contributed by atoms with van der Waals surface area (Å²) in [5.41, 5.74) is 1.97. The Morgan fingerprint density at radius 1 is 1.48 bits per heavy atom. The van der Waals surface area contributed by atoms with Gasteiger partial charge in [-0.15, -0.1) is 11.3 Å². The Morgan fingerprint density at radius 3 is 3.14 bits per heavy atom. The van der Waals surface area contributed by atoms with Crippen LogP contribution in [0.15, 0.2) is 22.4 Å². The van der Waals surface area contributed by atoms with E-state index in [0.29, 0.717) is 12.2 Å². The second-order valence-corrected chi connectivity index (χ2v) is 5.98. The monoisotopic (exact) mass is 303 g/mol. The van der Waals surface area contributed by atoms with Crippen molar-refractivity contribution in [1.82, 2.24) is 24.6 Å². The van der Waals surface area contributed by atoms with Crippen molar-refractivity contribution >= 4 is 22.2 Å². The summed E-state index contributed by atoms with van der Waals surface area (Å²) < 4.78 is 6.64. The summed E-state index contributed by atoms with van der Waals surface area (Å²) in [6, 6.07) is -0.0662. The minimum absolute atomic E-state index is 0.0594. The summed E-state index contributed by atoms with van der Waals surface area (Å²) >= 11 is 1.51. The van der Waals surface area contributed by atoms with Gasteiger partial charge < -0.3 is 4.90 Å². The molecule has 108 valence electrons. The van der Waals surface area contributed by atoms with Gasteiger partial charge in [-0.25, -0.2) is 9.61 Å². The number of aromatic nitrogens is 4. The predicted octanol–water partition coefficient (Wildman–Crippen LogP) is 2.06. The molecule has 0 bridgehead atoms. The largest absolute Gasteiger partial charge is 0.328 e. The number of carbonyl (C=O) groups is 1. The van der Waals surface area contributed by atoms with Crippen LogP contribution in [-0.2, 0) is 0 Å². The highest BCUT2D eigenvalue weighted by Gasteiger charge is 2.34. The van der Waals surface area contributed by atoms with Gasteiger partial charge in [-0.05, 0) is 19.8 Å². The maximum Gasteiger partial charge on any atom is 0.274 e. The van der Waals surface area contributed by atoms with Gasteiger partial charge in [0.15, 0.2) is 4.96 Å². The first-order valence-corrected chi connectivity index (χ1v) is 7.64. The molecule has 0 radical (unpaired) electrons. The topological polar surface area (TPSA) is 76.5 Å². The molecule has 0 saturated carbocycles. The Morgan fingerprint density at radius 2 is 2.38 bits per heavy atom. The number of rotatable bonds is 2. The van der Waals surface area contributed by atoms with E-state index in [-0.39, 0.29) is 11.9 Å². The van der Waals surface area contributed by atoms with Crippen molar-refractivity contribution in [2.45, 2.75) is 25.8 Å². The Kier molecular flexibility index (Phi) is 2.78. The normalized spacial score (nSPS) is 18.7. The molecule has 1 amide bonds. The van der Waals surface area contributed by atoms with Gasteiger partial charge in [-0.1, -0.05) is 10.3 Å². The molecule has 0 N–H and O–H groups in total. The highest BCUT2D eigenvalue weighted by atomic mass is 32.1. The molecule has 1 fully saturated rings. The molecule has 4 heterocycles. The van der Waals surface area contributed by atoms with Crippen LogP contribution in [0.25, 0.3) is 4.96 Å². The lowest BCUT2D eigenvalue weighted by atomic mass is 10.1. The van der Waals surface area contributed by atoms with Crippen LogP contribution in [-0.4, -0.2) is 37.0 Å². The van der Waals surface area contributed by atoms with Crippen LogP contribution in [0.3, 0.4) is 0 Å². The fourth-order valence-corrected chi connectivity index (χ4v) is 3.51. The molecule has 1 saturated heterocycles. The van der Waals surface area contributed by atoms with Gasteiger partial charge in [0.1, 0.15) is 17.1 Å². The Bertz CT molecular complexity index is 776. The number of likely N-dealkylation sites (tertiary alicyclic amines) is 1. The van der Waals surface area contributed by atoms with E-state index < -0.39 is 0 Å². The predicted molar refractivity (Wildman–Crippen MR) is 75.1 cm³/mol. The SMILES string of the molecule is Cc1nonc1[C@H]1CCCN1C(=O)c1cn2ccsc2n1. The van der Waals surface area contributed by atoms with E-state index in [9.17, 15) is 4.79 Å². The Hall–Kier alpha value is -2.22. The third-order valence-corrected chi connectivity index (χ3v) is 4.60. The molecule has 1 aliphatic rings. The van der Waals surface area contributed by atoms with Crippen molar-refractivity contribution in [3.8, 4) is 0 Å². The minimum Gasteiger partial charge on any atom is -0.328 e. The van der Waals surface area contributed by atoms with E-state index >= 15 is 0 Å². The van der Waals surface area contributed by atoms with E-state index in [0.717, 1.165) is 29.2 Å². The van der Waals surface area contributed by atoms with Crippen LogP contribution < -0.4 is 0 Å². The maximum atomic E-state index is 12.7. The summed E-state index contributed by atoms with van der Waals surface area (Å²) in [7, 11) is 0. The zero-order valence-electron chi connectivity index (χ0n) is 11.4. The lowest BCUT2D eigenvalue weighted by Gasteiger charge is -2.22. The third-order valence-electron chi connectivity index (χ3n) is 3.83. The summed E-state index contributed by atoms with van der Waals surface area (Å²) in [4.78, 5) is 19.7. The molecule has 1 atom stereocenters. The zero-order chi connectivity index (χ0) is 14.4. The number of aryl methyl sites for hydroxylation is 1. The highest BCUT2D eigenvalue weighted by molar-refractivity contribution is 7.15. The van der Waals surface area contributed by atoms with E-state index in [1.807, 2.05) is 27.8 Å². The second-order valence-electron chi connectivity index (χ2n) is 5.11. The van der Waals surface area contributed by atoms with Crippen LogP contribution in [0.1, 0.15) is 40.8 Å². The van der Waals surface area contributed by atoms with Crippen molar-refractivity contribution in [2.24, 2.45) is 0 Å². The summed E-state index contributed by atoms with van der Waals surface area (Å²) in [5, 5.41) is 9.71. The zero-order valence-corrected chi connectivity index (χ0v) is 12.2. The van der Waals surface area contributed by atoms with E-state index in [1.54, 1.807) is 6.20 Å². The van der Waals surface area contributed by atoms with Gasteiger partial charge in [0.05, 0.1) is 6.04 Å². The quantitative estimate of drug-likeness (QED) is 0.724. The molecule has 3 aromatic heterocycles. The molecule has 3 aromatic rings. The van der Waals surface area contributed by atoms with E-state index in [2.05, 4.69) is 15.3 Å². The Labute approximate surface area is 124 Å². The molecular weight excluding hydrogens is 290 g/mol. The molecule has 7 nitrogen and oxygen atoms in total. The fourth-order valence-electron chi connectivity index (χ4n) is 2.81. The summed E-state index contributed by atoms with van der Waals surface area (Å²) in [6.07, 6.45) is 5.50.